The van der Waals surface area contributed by atoms with E-state index in [1.807, 2.05) is 4.91 Å². The molecule has 0 saturated heterocycles. The van der Waals surface area contributed by atoms with E-state index < -0.39 is 26.7 Å². The second kappa shape index (κ2) is 2.88. The Morgan fingerprint density at radius 2 is 2.08 bits per heavy atom. The Morgan fingerprint density at radius 3 is 2.46 bits per heavy atom. The number of rotatable bonds is 2. The van der Waals surface area contributed by atoms with Gasteiger partial charge in [-0.05, 0) is 5.53 Å². The van der Waals surface area contributed by atoms with E-state index in [0.717, 1.165) is 0 Å². The van der Waals surface area contributed by atoms with Gasteiger partial charge in [-0.15, -0.1) is 0 Å². The lowest BCUT2D eigenvalue weighted by Gasteiger charge is -1.92. The van der Waals surface area contributed by atoms with Crippen LogP contribution in [0.4, 0.5) is 0 Å². The zero-order valence-corrected chi connectivity index (χ0v) is 6.78. The summed E-state index contributed by atoms with van der Waals surface area (Å²) >= 11 is 0. The number of carbonyl (C=O) groups is 2. The highest BCUT2D eigenvalue weighted by molar-refractivity contribution is 7.95. The molecule has 68 valence electrons. The number of hydrogen-bond donors (Lipinski definition) is 1. The van der Waals surface area contributed by atoms with Gasteiger partial charge in [-0.1, -0.05) is 0 Å². The molecule has 0 saturated carbocycles. The summed E-state index contributed by atoms with van der Waals surface area (Å²) in [6.45, 7) is 0. The smallest absolute Gasteiger partial charge is 0.270 e. The summed E-state index contributed by atoms with van der Waals surface area (Å²) in [6.07, 6.45) is 0.562. The molecule has 13 heavy (non-hydrogen) atoms. The Labute approximate surface area is 71.9 Å². The predicted molar refractivity (Wildman–Crippen MR) is 39.3 cm³/mol. The molecule has 0 aliphatic carbocycles. The van der Waals surface area contributed by atoms with E-state index in [-0.39, 0.29) is 0 Å². The highest BCUT2D eigenvalue weighted by Gasteiger charge is 2.30. The van der Waals surface area contributed by atoms with Crippen molar-refractivity contribution in [3.05, 3.63) is 21.4 Å². The maximum Gasteiger partial charge on any atom is 0.270 e. The Morgan fingerprint density at radius 1 is 1.46 bits per heavy atom. The summed E-state index contributed by atoms with van der Waals surface area (Å²) in [7, 11) is -4.36. The van der Waals surface area contributed by atoms with Crippen LogP contribution in [-0.4, -0.2) is 20.2 Å². The van der Waals surface area contributed by atoms with E-state index in [0.29, 0.717) is 6.08 Å². The molecule has 0 unspecified atom stereocenters. The molecule has 0 atom stereocenters. The molecule has 1 aliphatic rings. The Hall–Kier alpha value is -1.86. The van der Waals surface area contributed by atoms with Gasteiger partial charge in [0, 0.05) is 15.5 Å². The van der Waals surface area contributed by atoms with Gasteiger partial charge in [0.2, 0.25) is 0 Å². The van der Waals surface area contributed by atoms with Crippen LogP contribution in [0.25, 0.3) is 10.4 Å². The van der Waals surface area contributed by atoms with Gasteiger partial charge in [0.25, 0.3) is 21.8 Å². The largest absolute Gasteiger partial charge is 0.288 e. The van der Waals surface area contributed by atoms with Crippen molar-refractivity contribution >= 4 is 21.8 Å². The number of nitrogens with zero attached hydrogens (tertiary/aromatic N) is 3. The summed E-state index contributed by atoms with van der Waals surface area (Å²) < 4.78 is 24.2. The molecule has 0 aromatic rings. The topological polar surface area (TPSA) is 129 Å². The van der Waals surface area contributed by atoms with Crippen molar-refractivity contribution in [1.29, 1.82) is 0 Å². The minimum atomic E-state index is -4.36. The first-order chi connectivity index (χ1) is 5.97. The van der Waals surface area contributed by atoms with Crippen molar-refractivity contribution < 1.29 is 18.0 Å². The van der Waals surface area contributed by atoms with E-state index in [1.54, 1.807) is 5.32 Å². The average Bonchev–Trinajstić information content (AvgIpc) is 2.30. The fourth-order valence-electron chi connectivity index (χ4n) is 0.678. The number of azide groups is 1. The highest BCUT2D eigenvalue weighted by atomic mass is 32.2. The summed E-state index contributed by atoms with van der Waals surface area (Å²) in [5.41, 5.74) is 7.85. The highest BCUT2D eigenvalue weighted by Crippen LogP contribution is 2.12. The Kier molecular flexibility index (Phi) is 2.05. The maximum absolute atomic E-state index is 10.9. The molecule has 0 aromatic heterocycles. The monoisotopic (exact) mass is 202 g/mol. The number of imide groups is 1. The third-order valence-corrected chi connectivity index (χ3v) is 2.29. The molecule has 8 nitrogen and oxygen atoms in total. The third kappa shape index (κ3) is 1.66. The van der Waals surface area contributed by atoms with Gasteiger partial charge < -0.3 is 0 Å². The van der Waals surface area contributed by atoms with E-state index in [1.165, 1.54) is 0 Å². The molecular weight excluding hydrogens is 200 g/mol. The Bertz CT molecular complexity index is 455. The van der Waals surface area contributed by atoms with Crippen molar-refractivity contribution in [1.82, 2.24) is 5.32 Å². The van der Waals surface area contributed by atoms with Crippen LogP contribution >= 0.6 is 0 Å². The van der Waals surface area contributed by atoms with Crippen LogP contribution in [0, 0.1) is 0 Å². The standard InChI is InChI=1S/C4H2N4O4S/c5-7-8-13(11,12)2-1-3(9)6-4(2)10/h1H,(H,6,9,10). The van der Waals surface area contributed by atoms with Crippen LogP contribution in [0.1, 0.15) is 0 Å². The second-order valence-electron chi connectivity index (χ2n) is 1.97. The van der Waals surface area contributed by atoms with Gasteiger partial charge in [-0.3, -0.25) is 14.9 Å². The summed E-state index contributed by atoms with van der Waals surface area (Å²) in [6, 6.07) is 0. The molecule has 9 heteroatoms. The number of sulfonamides is 1. The number of carbonyl (C=O) groups excluding carboxylic acids is 2. The van der Waals surface area contributed by atoms with Gasteiger partial charge in [-0.25, -0.2) is 8.42 Å². The first-order valence-electron chi connectivity index (χ1n) is 2.86. The van der Waals surface area contributed by atoms with E-state index >= 15 is 0 Å². The van der Waals surface area contributed by atoms with E-state index in [4.69, 9.17) is 5.53 Å². The minimum Gasteiger partial charge on any atom is -0.288 e. The average molecular weight is 202 g/mol. The summed E-state index contributed by atoms with van der Waals surface area (Å²) in [5.74, 6) is -1.94. The number of amides is 2. The van der Waals surface area contributed by atoms with Crippen LogP contribution in [-0.2, 0) is 19.6 Å². The van der Waals surface area contributed by atoms with Gasteiger partial charge in [0.15, 0.2) is 0 Å². The van der Waals surface area contributed by atoms with Crippen LogP contribution in [0.2, 0.25) is 0 Å². The van der Waals surface area contributed by atoms with Crippen LogP contribution in [0.3, 0.4) is 0 Å². The van der Waals surface area contributed by atoms with Crippen LogP contribution in [0.15, 0.2) is 15.5 Å². The number of nitrogens with one attached hydrogen (secondary N) is 1. The molecule has 0 bridgehead atoms. The van der Waals surface area contributed by atoms with Gasteiger partial charge in [0.05, 0.1) is 0 Å². The van der Waals surface area contributed by atoms with Crippen molar-refractivity contribution in [2.24, 2.45) is 4.52 Å². The molecule has 0 fully saturated rings. The fraction of sp³-hybridized carbons (Fsp3) is 0. The first kappa shape index (κ1) is 9.23. The van der Waals surface area contributed by atoms with Gasteiger partial charge in [-0.2, -0.15) is 0 Å². The molecule has 1 rings (SSSR count). The van der Waals surface area contributed by atoms with Gasteiger partial charge in [0.1, 0.15) is 4.91 Å². The predicted octanol–water partition coefficient (Wildman–Crippen LogP) is -0.833. The fourth-order valence-corrected chi connectivity index (χ4v) is 1.40. The maximum atomic E-state index is 10.9. The third-order valence-electron chi connectivity index (χ3n) is 1.14. The molecule has 1 heterocycles. The molecule has 1 N–H and O–H groups in total. The molecule has 0 radical (unpaired) electrons. The lowest BCUT2D eigenvalue weighted by Crippen LogP contribution is -2.23. The number of hydrogen-bond acceptors (Lipinski definition) is 4. The Balaban J connectivity index is 3.24. The van der Waals surface area contributed by atoms with Crippen molar-refractivity contribution in [2.45, 2.75) is 0 Å². The van der Waals surface area contributed by atoms with E-state index in [2.05, 4.69) is 4.52 Å². The SMILES string of the molecule is [N-]=[N+]=NS(=O)(=O)C1=CC(=O)NC1=O. The molecule has 0 aromatic carbocycles. The lowest BCUT2D eigenvalue weighted by atomic mass is 10.6. The van der Waals surface area contributed by atoms with Crippen molar-refractivity contribution in [3.63, 3.8) is 0 Å². The second-order valence-corrected chi connectivity index (χ2v) is 3.53. The summed E-state index contributed by atoms with van der Waals surface area (Å²) in [4.78, 5) is 22.4. The first-order valence-corrected chi connectivity index (χ1v) is 4.30. The molecule has 2 amide bonds. The van der Waals surface area contributed by atoms with Gasteiger partial charge >= 0.3 is 0 Å². The van der Waals surface area contributed by atoms with Crippen molar-refractivity contribution in [3.8, 4) is 0 Å². The van der Waals surface area contributed by atoms with E-state index in [9.17, 15) is 18.0 Å². The summed E-state index contributed by atoms with van der Waals surface area (Å²) in [5, 5.41) is 1.70. The lowest BCUT2D eigenvalue weighted by molar-refractivity contribution is -0.123. The zero-order valence-electron chi connectivity index (χ0n) is 5.96. The normalized spacial score (nSPS) is 16.2. The quantitative estimate of drug-likeness (QED) is 0.271. The van der Waals surface area contributed by atoms with Crippen LogP contribution < -0.4 is 5.32 Å². The molecule has 1 aliphatic heterocycles. The zero-order chi connectivity index (χ0) is 10.1. The molecule has 0 spiro atoms. The molecular formula is C4H2N4O4S. The van der Waals surface area contributed by atoms with Crippen LogP contribution in [0.5, 0.6) is 0 Å². The van der Waals surface area contributed by atoms with Crippen molar-refractivity contribution in [2.75, 3.05) is 0 Å². The minimum absolute atomic E-state index is 0.562.